The van der Waals surface area contributed by atoms with Crippen LogP contribution in [0.5, 0.6) is 0 Å². The lowest BCUT2D eigenvalue weighted by Gasteiger charge is -2.63. The number of carboxylic acids is 1. The third-order valence-electron chi connectivity index (χ3n) is 8.70. The molecular formula is C21H30O2. The molecule has 6 atom stereocenters. The molecule has 4 aliphatic rings. The molecule has 1 N–H and O–H groups in total. The Morgan fingerprint density at radius 1 is 1.09 bits per heavy atom. The van der Waals surface area contributed by atoms with Gasteiger partial charge in [0.1, 0.15) is 0 Å². The maximum absolute atomic E-state index is 12.1. The summed E-state index contributed by atoms with van der Waals surface area (Å²) < 4.78 is 0. The molecule has 2 bridgehead atoms. The number of carbonyl (C=O) groups is 1. The Morgan fingerprint density at radius 2 is 1.83 bits per heavy atom. The van der Waals surface area contributed by atoms with E-state index in [1.165, 1.54) is 36.8 Å². The van der Waals surface area contributed by atoms with Gasteiger partial charge in [0.2, 0.25) is 0 Å². The Kier molecular flexibility index (Phi) is 3.04. The van der Waals surface area contributed by atoms with Crippen LogP contribution >= 0.6 is 0 Å². The average Bonchev–Trinajstić information content (AvgIpc) is 2.68. The molecule has 0 aliphatic heterocycles. The second-order valence-electron chi connectivity index (χ2n) is 9.36. The second kappa shape index (κ2) is 4.52. The van der Waals surface area contributed by atoms with Gasteiger partial charge >= 0.3 is 5.97 Å². The highest BCUT2D eigenvalue weighted by Gasteiger charge is 2.66. The van der Waals surface area contributed by atoms with Gasteiger partial charge in [-0.1, -0.05) is 26.5 Å². The minimum atomic E-state index is -0.576. The van der Waals surface area contributed by atoms with E-state index in [1.807, 2.05) is 6.92 Å². The van der Waals surface area contributed by atoms with Crippen LogP contribution in [-0.4, -0.2) is 11.1 Å². The first kappa shape index (κ1) is 15.5. The summed E-state index contributed by atoms with van der Waals surface area (Å²) in [5.74, 6) is 0.992. The normalized spacial score (nSPS) is 52.0. The molecule has 4 saturated carbocycles. The molecule has 0 aromatic carbocycles. The summed E-state index contributed by atoms with van der Waals surface area (Å²) in [7, 11) is 0. The minimum Gasteiger partial charge on any atom is -0.481 e. The maximum Gasteiger partial charge on any atom is 0.309 e. The summed E-state index contributed by atoms with van der Waals surface area (Å²) in [6.07, 6.45) is 8.99. The third-order valence-corrected chi connectivity index (χ3v) is 8.70. The van der Waals surface area contributed by atoms with Gasteiger partial charge in [0, 0.05) is 0 Å². The fourth-order valence-electron chi connectivity index (χ4n) is 7.55. The highest BCUT2D eigenvalue weighted by atomic mass is 16.4. The zero-order valence-electron chi connectivity index (χ0n) is 14.7. The van der Waals surface area contributed by atoms with Crippen LogP contribution in [0.15, 0.2) is 24.3 Å². The van der Waals surface area contributed by atoms with Crippen molar-refractivity contribution in [3.8, 4) is 0 Å². The Balaban J connectivity index is 1.79. The number of hydrogen-bond donors (Lipinski definition) is 1. The lowest BCUT2D eigenvalue weighted by atomic mass is 9.40. The molecule has 0 heterocycles. The van der Waals surface area contributed by atoms with Crippen molar-refractivity contribution in [1.29, 1.82) is 0 Å². The highest BCUT2D eigenvalue weighted by Crippen LogP contribution is 2.73. The fourth-order valence-corrected chi connectivity index (χ4v) is 7.55. The Bertz CT molecular complexity index is 605. The quantitative estimate of drug-likeness (QED) is 0.721. The number of aliphatic carboxylic acids is 1. The summed E-state index contributed by atoms with van der Waals surface area (Å²) in [5.41, 5.74) is 2.49. The third kappa shape index (κ3) is 1.68. The molecule has 1 spiro atoms. The van der Waals surface area contributed by atoms with E-state index in [9.17, 15) is 9.90 Å². The van der Waals surface area contributed by atoms with Gasteiger partial charge < -0.3 is 5.11 Å². The van der Waals surface area contributed by atoms with Crippen molar-refractivity contribution >= 4 is 5.97 Å². The van der Waals surface area contributed by atoms with E-state index in [2.05, 4.69) is 20.1 Å². The van der Waals surface area contributed by atoms with Crippen LogP contribution in [0.25, 0.3) is 0 Å². The van der Waals surface area contributed by atoms with E-state index in [-0.39, 0.29) is 10.8 Å². The molecule has 23 heavy (non-hydrogen) atoms. The average molecular weight is 314 g/mol. The van der Waals surface area contributed by atoms with Crippen molar-refractivity contribution < 1.29 is 9.90 Å². The molecule has 2 nitrogen and oxygen atoms in total. The van der Waals surface area contributed by atoms with Crippen LogP contribution in [0.4, 0.5) is 0 Å². The van der Waals surface area contributed by atoms with E-state index in [0.29, 0.717) is 17.8 Å². The SMILES string of the molecule is C=C1C(=C)C23CCC4C(C)(C(=O)O)CCCC4(C)C2CCC1C3. The van der Waals surface area contributed by atoms with Gasteiger partial charge in [-0.25, -0.2) is 0 Å². The zero-order valence-corrected chi connectivity index (χ0v) is 14.7. The predicted molar refractivity (Wildman–Crippen MR) is 92.0 cm³/mol. The van der Waals surface area contributed by atoms with E-state index >= 15 is 0 Å². The van der Waals surface area contributed by atoms with Gasteiger partial charge in [0.25, 0.3) is 0 Å². The van der Waals surface area contributed by atoms with Gasteiger partial charge in [-0.2, -0.15) is 0 Å². The molecule has 0 amide bonds. The Morgan fingerprint density at radius 3 is 2.52 bits per heavy atom. The van der Waals surface area contributed by atoms with Crippen LogP contribution in [-0.2, 0) is 4.79 Å². The van der Waals surface area contributed by atoms with Gasteiger partial charge in [0.15, 0.2) is 0 Å². The monoisotopic (exact) mass is 314 g/mol. The molecule has 0 aromatic rings. The van der Waals surface area contributed by atoms with Crippen LogP contribution in [0.2, 0.25) is 0 Å². The van der Waals surface area contributed by atoms with Crippen molar-refractivity contribution in [2.24, 2.45) is 34.0 Å². The number of allylic oxidation sites excluding steroid dienone is 2. The molecule has 0 saturated heterocycles. The summed E-state index contributed by atoms with van der Waals surface area (Å²) in [6, 6.07) is 0. The topological polar surface area (TPSA) is 37.3 Å². The van der Waals surface area contributed by atoms with Gasteiger partial charge in [-0.3, -0.25) is 4.79 Å². The second-order valence-corrected chi connectivity index (χ2v) is 9.36. The van der Waals surface area contributed by atoms with Gasteiger partial charge in [-0.05, 0) is 91.6 Å². The number of rotatable bonds is 1. The van der Waals surface area contributed by atoms with Gasteiger partial charge in [0.05, 0.1) is 5.41 Å². The van der Waals surface area contributed by atoms with Gasteiger partial charge in [-0.15, -0.1) is 0 Å². The molecule has 0 radical (unpaired) electrons. The first-order valence-electron chi connectivity index (χ1n) is 9.38. The van der Waals surface area contributed by atoms with E-state index in [1.54, 1.807) is 0 Å². The molecule has 0 aromatic heterocycles. The van der Waals surface area contributed by atoms with E-state index < -0.39 is 11.4 Å². The summed E-state index contributed by atoms with van der Waals surface area (Å²) in [4.78, 5) is 12.1. The lowest BCUT2D eigenvalue weighted by molar-refractivity contribution is -0.177. The molecule has 126 valence electrons. The summed E-state index contributed by atoms with van der Waals surface area (Å²) >= 11 is 0. The number of carboxylic acid groups (broad SMARTS) is 1. The molecule has 4 aliphatic carbocycles. The van der Waals surface area contributed by atoms with Crippen molar-refractivity contribution in [3.63, 3.8) is 0 Å². The Labute approximate surface area is 140 Å². The van der Waals surface area contributed by atoms with E-state index in [4.69, 9.17) is 0 Å². The molecule has 6 unspecified atom stereocenters. The molecule has 4 rings (SSSR count). The van der Waals surface area contributed by atoms with Crippen molar-refractivity contribution in [2.45, 2.75) is 65.2 Å². The smallest absolute Gasteiger partial charge is 0.309 e. The maximum atomic E-state index is 12.1. The van der Waals surface area contributed by atoms with Crippen molar-refractivity contribution in [3.05, 3.63) is 24.3 Å². The lowest BCUT2D eigenvalue weighted by Crippen LogP contribution is -2.58. The van der Waals surface area contributed by atoms with E-state index in [0.717, 1.165) is 25.7 Å². The van der Waals surface area contributed by atoms with Crippen molar-refractivity contribution in [1.82, 2.24) is 0 Å². The Hall–Kier alpha value is -1.05. The van der Waals surface area contributed by atoms with Crippen molar-refractivity contribution in [2.75, 3.05) is 0 Å². The highest BCUT2D eigenvalue weighted by molar-refractivity contribution is 5.75. The van der Waals surface area contributed by atoms with Crippen LogP contribution in [0, 0.1) is 34.0 Å². The zero-order chi connectivity index (χ0) is 16.6. The first-order valence-corrected chi connectivity index (χ1v) is 9.38. The number of fused-ring (bicyclic) bond motifs is 3. The molecule has 2 heteroatoms. The number of hydrogen-bond acceptors (Lipinski definition) is 1. The first-order chi connectivity index (χ1) is 10.8. The minimum absolute atomic E-state index is 0.155. The summed E-state index contributed by atoms with van der Waals surface area (Å²) in [6.45, 7) is 13.3. The predicted octanol–water partition coefficient (Wildman–Crippen LogP) is 5.21. The molecule has 4 fully saturated rings. The molecular weight excluding hydrogens is 284 g/mol. The van der Waals surface area contributed by atoms with Crippen LogP contribution in [0.3, 0.4) is 0 Å². The largest absolute Gasteiger partial charge is 0.481 e. The fraction of sp³-hybridized carbons (Fsp3) is 0.762. The van der Waals surface area contributed by atoms with Crippen LogP contribution in [0.1, 0.15) is 65.2 Å². The van der Waals surface area contributed by atoms with Crippen LogP contribution < -0.4 is 0 Å². The standard InChI is InChI=1S/C21H30O2/c1-13-14(2)21-11-8-16-19(3,17(21)7-6-15(13)12-21)9-5-10-20(16,4)18(22)23/h15-17H,1-2,5-12H2,3-4H3,(H,22,23). The summed E-state index contributed by atoms with van der Waals surface area (Å²) in [5, 5.41) is 9.94.